The van der Waals surface area contributed by atoms with Crippen molar-refractivity contribution < 1.29 is 22.7 Å². The molecule has 2 aliphatic rings. The van der Waals surface area contributed by atoms with Gasteiger partial charge in [-0.05, 0) is 49.4 Å². The SMILES string of the molecule is Cc1ccccc1CNS(=O)(=O)c1ccc2c(c1)OCC(C(=O)N1CCCCC1)O2. The Morgan fingerprint density at radius 3 is 2.63 bits per heavy atom. The molecule has 2 aromatic carbocycles. The van der Waals surface area contributed by atoms with Crippen LogP contribution < -0.4 is 14.2 Å². The number of carbonyl (C=O) groups is 1. The third-order valence-corrected chi connectivity index (χ3v) is 6.94. The smallest absolute Gasteiger partial charge is 0.267 e. The molecule has 1 amide bonds. The molecule has 0 bridgehead atoms. The topological polar surface area (TPSA) is 84.9 Å². The summed E-state index contributed by atoms with van der Waals surface area (Å²) in [7, 11) is -3.72. The van der Waals surface area contributed by atoms with E-state index in [9.17, 15) is 13.2 Å². The predicted octanol–water partition coefficient (Wildman–Crippen LogP) is 2.63. The molecule has 1 atom stereocenters. The molecule has 0 radical (unpaired) electrons. The average molecular weight is 431 g/mol. The van der Waals surface area contributed by atoms with Crippen LogP contribution in [0.25, 0.3) is 0 Å². The Morgan fingerprint density at radius 2 is 1.87 bits per heavy atom. The Kier molecular flexibility index (Phi) is 5.97. The molecule has 0 spiro atoms. The van der Waals surface area contributed by atoms with Crippen molar-refractivity contribution in [3.8, 4) is 11.5 Å². The maximum absolute atomic E-state index is 12.7. The van der Waals surface area contributed by atoms with E-state index in [-0.39, 0.29) is 24.0 Å². The number of carbonyl (C=O) groups excluding carboxylic acids is 1. The Balaban J connectivity index is 1.44. The van der Waals surface area contributed by atoms with E-state index in [1.807, 2.05) is 36.1 Å². The molecule has 1 fully saturated rings. The highest BCUT2D eigenvalue weighted by Gasteiger charge is 2.32. The van der Waals surface area contributed by atoms with Crippen LogP contribution in [-0.4, -0.2) is 45.0 Å². The normalized spacial score (nSPS) is 18.8. The van der Waals surface area contributed by atoms with Gasteiger partial charge >= 0.3 is 0 Å². The fraction of sp³-hybridized carbons (Fsp3) is 0.409. The summed E-state index contributed by atoms with van der Waals surface area (Å²) in [6, 6.07) is 12.1. The first-order valence-electron chi connectivity index (χ1n) is 10.2. The predicted molar refractivity (Wildman–Crippen MR) is 112 cm³/mol. The van der Waals surface area contributed by atoms with Crippen molar-refractivity contribution in [2.75, 3.05) is 19.7 Å². The average Bonchev–Trinajstić information content (AvgIpc) is 2.78. The van der Waals surface area contributed by atoms with E-state index in [0.717, 1.165) is 43.5 Å². The van der Waals surface area contributed by atoms with Gasteiger partial charge in [0.05, 0.1) is 4.90 Å². The van der Waals surface area contributed by atoms with Crippen LogP contribution in [0.2, 0.25) is 0 Å². The molecule has 30 heavy (non-hydrogen) atoms. The van der Waals surface area contributed by atoms with Crippen molar-refractivity contribution in [3.63, 3.8) is 0 Å². The third-order valence-electron chi connectivity index (χ3n) is 5.54. The monoisotopic (exact) mass is 430 g/mol. The number of sulfonamides is 1. The van der Waals surface area contributed by atoms with Crippen LogP contribution in [0, 0.1) is 6.92 Å². The standard InChI is InChI=1S/C22H26N2O5S/c1-16-7-3-4-8-17(16)14-23-30(26,27)18-9-10-19-20(13-18)28-15-21(29-19)22(25)24-11-5-2-6-12-24/h3-4,7-10,13,21,23H,2,5-6,11-12,14-15H2,1H3. The minimum atomic E-state index is -3.72. The molecule has 0 aromatic heterocycles. The maximum atomic E-state index is 12.7. The van der Waals surface area contributed by atoms with Gasteiger partial charge in [0.15, 0.2) is 11.5 Å². The molecular weight excluding hydrogens is 404 g/mol. The van der Waals surface area contributed by atoms with Crippen molar-refractivity contribution >= 4 is 15.9 Å². The van der Waals surface area contributed by atoms with E-state index in [2.05, 4.69) is 4.72 Å². The van der Waals surface area contributed by atoms with Crippen LogP contribution >= 0.6 is 0 Å². The summed E-state index contributed by atoms with van der Waals surface area (Å²) >= 11 is 0. The summed E-state index contributed by atoms with van der Waals surface area (Å²) in [6.07, 6.45) is 2.46. The lowest BCUT2D eigenvalue weighted by atomic mass is 10.1. The summed E-state index contributed by atoms with van der Waals surface area (Å²) in [5.74, 6) is 0.642. The second-order valence-electron chi connectivity index (χ2n) is 7.66. The third kappa shape index (κ3) is 4.44. The molecule has 1 saturated heterocycles. The van der Waals surface area contributed by atoms with Crippen LogP contribution in [-0.2, 0) is 21.4 Å². The van der Waals surface area contributed by atoms with E-state index in [4.69, 9.17) is 9.47 Å². The van der Waals surface area contributed by atoms with E-state index in [1.54, 1.807) is 6.07 Å². The summed E-state index contributed by atoms with van der Waals surface area (Å²) in [5.41, 5.74) is 1.93. The minimum Gasteiger partial charge on any atom is -0.485 e. The highest BCUT2D eigenvalue weighted by Crippen LogP contribution is 2.34. The molecular formula is C22H26N2O5S. The second kappa shape index (κ2) is 8.65. The lowest BCUT2D eigenvalue weighted by molar-refractivity contribution is -0.142. The van der Waals surface area contributed by atoms with E-state index >= 15 is 0 Å². The van der Waals surface area contributed by atoms with E-state index < -0.39 is 16.1 Å². The second-order valence-corrected chi connectivity index (χ2v) is 9.43. The summed E-state index contributed by atoms with van der Waals surface area (Å²) in [6.45, 7) is 3.71. The van der Waals surface area contributed by atoms with Crippen LogP contribution in [0.1, 0.15) is 30.4 Å². The number of hydrogen-bond donors (Lipinski definition) is 1. The van der Waals surface area contributed by atoms with Crippen molar-refractivity contribution in [2.45, 2.75) is 43.7 Å². The largest absolute Gasteiger partial charge is 0.485 e. The van der Waals surface area contributed by atoms with Gasteiger partial charge in [-0.15, -0.1) is 0 Å². The van der Waals surface area contributed by atoms with E-state index in [1.165, 1.54) is 12.1 Å². The number of amides is 1. The number of nitrogens with zero attached hydrogens (tertiary/aromatic N) is 1. The van der Waals surface area contributed by atoms with Gasteiger partial charge in [-0.25, -0.2) is 13.1 Å². The van der Waals surface area contributed by atoms with Gasteiger partial charge in [0, 0.05) is 25.7 Å². The zero-order valence-electron chi connectivity index (χ0n) is 17.0. The number of nitrogens with one attached hydrogen (secondary N) is 1. The van der Waals surface area contributed by atoms with Gasteiger partial charge in [-0.2, -0.15) is 0 Å². The molecule has 2 aromatic rings. The molecule has 160 valence electrons. The van der Waals surface area contributed by atoms with Gasteiger partial charge in [-0.1, -0.05) is 24.3 Å². The first-order valence-corrected chi connectivity index (χ1v) is 11.7. The number of ether oxygens (including phenoxy) is 2. The van der Waals surface area contributed by atoms with Crippen molar-refractivity contribution in [1.29, 1.82) is 0 Å². The minimum absolute atomic E-state index is 0.0719. The quantitative estimate of drug-likeness (QED) is 0.788. The zero-order valence-corrected chi connectivity index (χ0v) is 17.8. The Hall–Kier alpha value is -2.58. The molecule has 8 heteroatoms. The molecule has 7 nitrogen and oxygen atoms in total. The molecule has 1 unspecified atom stereocenters. The number of likely N-dealkylation sites (tertiary alicyclic amines) is 1. The van der Waals surface area contributed by atoms with Crippen LogP contribution in [0.3, 0.4) is 0 Å². The van der Waals surface area contributed by atoms with Crippen molar-refractivity contribution in [3.05, 3.63) is 53.6 Å². The Labute approximate surface area is 177 Å². The molecule has 2 heterocycles. The Morgan fingerprint density at radius 1 is 1.10 bits per heavy atom. The maximum Gasteiger partial charge on any atom is 0.267 e. The Bertz CT molecular complexity index is 1030. The molecule has 1 N–H and O–H groups in total. The number of piperidine rings is 1. The molecule has 0 aliphatic carbocycles. The van der Waals surface area contributed by atoms with Gasteiger partial charge in [-0.3, -0.25) is 4.79 Å². The molecule has 0 saturated carbocycles. The lowest BCUT2D eigenvalue weighted by Crippen LogP contribution is -2.48. The summed E-state index contributed by atoms with van der Waals surface area (Å²) in [5, 5.41) is 0. The van der Waals surface area contributed by atoms with E-state index in [0.29, 0.717) is 11.5 Å². The van der Waals surface area contributed by atoms with Gasteiger partial charge < -0.3 is 14.4 Å². The fourth-order valence-electron chi connectivity index (χ4n) is 3.72. The lowest BCUT2D eigenvalue weighted by Gasteiger charge is -2.32. The van der Waals surface area contributed by atoms with Gasteiger partial charge in [0.1, 0.15) is 6.61 Å². The fourth-order valence-corrected chi connectivity index (χ4v) is 4.74. The first kappa shape index (κ1) is 20.7. The van der Waals surface area contributed by atoms with Crippen LogP contribution in [0.4, 0.5) is 0 Å². The highest BCUT2D eigenvalue weighted by molar-refractivity contribution is 7.89. The zero-order chi connectivity index (χ0) is 21.1. The number of hydrogen-bond acceptors (Lipinski definition) is 5. The number of benzene rings is 2. The first-order chi connectivity index (χ1) is 14.4. The molecule has 2 aliphatic heterocycles. The summed E-state index contributed by atoms with van der Waals surface area (Å²) < 4.78 is 39.6. The van der Waals surface area contributed by atoms with Crippen molar-refractivity contribution in [1.82, 2.24) is 9.62 Å². The van der Waals surface area contributed by atoms with Gasteiger partial charge in [0.25, 0.3) is 5.91 Å². The van der Waals surface area contributed by atoms with Crippen LogP contribution in [0.5, 0.6) is 11.5 Å². The van der Waals surface area contributed by atoms with Gasteiger partial charge in [0.2, 0.25) is 16.1 Å². The van der Waals surface area contributed by atoms with Crippen molar-refractivity contribution in [2.24, 2.45) is 0 Å². The summed E-state index contributed by atoms with van der Waals surface area (Å²) in [4.78, 5) is 14.6. The number of aryl methyl sites for hydroxylation is 1. The number of fused-ring (bicyclic) bond motifs is 1. The molecule has 4 rings (SSSR count). The van der Waals surface area contributed by atoms with Crippen LogP contribution in [0.15, 0.2) is 47.4 Å². The number of rotatable bonds is 5. The highest BCUT2D eigenvalue weighted by atomic mass is 32.2.